The summed E-state index contributed by atoms with van der Waals surface area (Å²) in [6.45, 7) is 9.15. The van der Waals surface area contributed by atoms with Crippen LogP contribution in [0.5, 0.6) is 5.75 Å². The van der Waals surface area contributed by atoms with Crippen LogP contribution in [0.25, 0.3) is 0 Å². The molecule has 10 atom stereocenters. The molecule has 11 nitrogen and oxygen atoms in total. The molecule has 11 heteroatoms. The Hall–Kier alpha value is -3.44. The predicted octanol–water partition coefficient (Wildman–Crippen LogP) is 7.79. The number of hydrogen-bond acceptors (Lipinski definition) is 11. The lowest BCUT2D eigenvalue weighted by molar-refractivity contribution is -0.319. The maximum Gasteiger partial charge on any atom is 0.516 e. The third-order valence-electron chi connectivity index (χ3n) is 13.9. The minimum absolute atomic E-state index is 0.0377. The van der Waals surface area contributed by atoms with Gasteiger partial charge in [-0.15, -0.1) is 0 Å². The number of esters is 3. The molecule has 1 saturated heterocycles. The molecule has 7 rings (SSSR count). The first-order valence-electron chi connectivity index (χ1n) is 19.8. The highest BCUT2D eigenvalue weighted by Gasteiger charge is 2.74. The number of benzene rings is 1. The van der Waals surface area contributed by atoms with Crippen molar-refractivity contribution in [1.29, 1.82) is 0 Å². The van der Waals surface area contributed by atoms with Crippen molar-refractivity contribution in [2.45, 2.75) is 129 Å². The van der Waals surface area contributed by atoms with E-state index in [0.29, 0.717) is 37.2 Å². The van der Waals surface area contributed by atoms with Crippen LogP contribution in [0.1, 0.15) is 117 Å². The van der Waals surface area contributed by atoms with Gasteiger partial charge in [-0.05, 0) is 105 Å². The quantitative estimate of drug-likeness (QED) is 0.0954. The molecule has 6 aliphatic rings. The second-order valence-corrected chi connectivity index (χ2v) is 17.3. The number of ether oxygens (including phenoxy) is 7. The minimum Gasteiger partial charge on any atom is -0.497 e. The first-order chi connectivity index (χ1) is 25.3. The van der Waals surface area contributed by atoms with Crippen LogP contribution in [0.3, 0.4) is 0 Å². The van der Waals surface area contributed by atoms with Gasteiger partial charge in [0.1, 0.15) is 18.5 Å². The number of fused-ring (bicyclic) bond motifs is 4. The van der Waals surface area contributed by atoms with E-state index in [4.69, 9.17) is 28.4 Å². The van der Waals surface area contributed by atoms with Gasteiger partial charge >= 0.3 is 24.1 Å². The van der Waals surface area contributed by atoms with Gasteiger partial charge in [0.2, 0.25) is 0 Å². The first kappa shape index (κ1) is 37.9. The van der Waals surface area contributed by atoms with Crippen molar-refractivity contribution < 1.29 is 52.3 Å². The molecule has 1 aromatic carbocycles. The Morgan fingerprint density at radius 1 is 0.943 bits per heavy atom. The summed E-state index contributed by atoms with van der Waals surface area (Å²) in [6, 6.07) is 7.96. The molecule has 4 saturated carbocycles. The molecule has 2 bridgehead atoms. The molecule has 0 radical (unpaired) electrons. The molecule has 0 amide bonds. The summed E-state index contributed by atoms with van der Waals surface area (Å²) in [5, 5.41) is 0. The van der Waals surface area contributed by atoms with E-state index in [0.717, 1.165) is 68.3 Å². The highest BCUT2D eigenvalue weighted by Crippen LogP contribution is 2.73. The average molecular weight is 737 g/mol. The molecule has 5 fully saturated rings. The van der Waals surface area contributed by atoms with E-state index in [1.807, 2.05) is 38.1 Å². The highest BCUT2D eigenvalue weighted by atomic mass is 16.7. The van der Waals surface area contributed by atoms with Crippen LogP contribution in [0.2, 0.25) is 0 Å². The molecular formula is C42H56O11. The molecule has 1 aromatic rings. The van der Waals surface area contributed by atoms with Crippen LogP contribution in [0.15, 0.2) is 35.9 Å². The maximum atomic E-state index is 12.9. The Morgan fingerprint density at radius 3 is 2.40 bits per heavy atom. The fourth-order valence-electron chi connectivity index (χ4n) is 11.4. The number of carbonyl (C=O) groups is 4. The second-order valence-electron chi connectivity index (χ2n) is 17.3. The molecule has 53 heavy (non-hydrogen) atoms. The van der Waals surface area contributed by atoms with Gasteiger partial charge in [-0.1, -0.05) is 39.8 Å². The molecule has 4 aliphatic carbocycles. The number of carbonyl (C=O) groups excluding carboxylic acids is 4. The summed E-state index contributed by atoms with van der Waals surface area (Å²) in [7, 11) is 1.66. The number of hydrogen-bond donors (Lipinski definition) is 0. The Labute approximate surface area is 312 Å². The minimum atomic E-state index is -0.979. The van der Waals surface area contributed by atoms with Crippen LogP contribution in [-0.2, 0) is 42.8 Å². The third kappa shape index (κ3) is 7.12. The zero-order valence-electron chi connectivity index (χ0n) is 31.9. The summed E-state index contributed by atoms with van der Waals surface area (Å²) in [5.41, 5.74) is 1.46. The Bertz CT molecular complexity index is 1590. The molecule has 290 valence electrons. The smallest absolute Gasteiger partial charge is 0.497 e. The summed E-state index contributed by atoms with van der Waals surface area (Å²) in [6.07, 6.45) is 8.78. The normalized spacial score (nSPS) is 37.1. The van der Waals surface area contributed by atoms with Crippen molar-refractivity contribution in [1.82, 2.24) is 0 Å². The van der Waals surface area contributed by atoms with Gasteiger partial charge in [-0.2, -0.15) is 0 Å². The van der Waals surface area contributed by atoms with Crippen molar-refractivity contribution in [3.05, 3.63) is 41.5 Å². The molecule has 0 aromatic heterocycles. The summed E-state index contributed by atoms with van der Waals surface area (Å²) >= 11 is 0. The number of rotatable bonds is 11. The fraction of sp³-hybridized carbons (Fsp3) is 0.714. The Morgan fingerprint density at radius 2 is 1.70 bits per heavy atom. The predicted molar refractivity (Wildman–Crippen MR) is 191 cm³/mol. The van der Waals surface area contributed by atoms with E-state index >= 15 is 0 Å². The van der Waals surface area contributed by atoms with E-state index in [9.17, 15) is 19.2 Å². The van der Waals surface area contributed by atoms with Crippen LogP contribution in [-0.4, -0.2) is 62.2 Å². The molecule has 0 N–H and O–H groups in total. The fourth-order valence-corrected chi connectivity index (χ4v) is 11.4. The first-order valence-corrected chi connectivity index (χ1v) is 19.8. The van der Waals surface area contributed by atoms with Gasteiger partial charge in [-0.3, -0.25) is 9.59 Å². The van der Waals surface area contributed by atoms with Crippen LogP contribution >= 0.6 is 0 Å². The number of cyclic esters (lactones) is 1. The van der Waals surface area contributed by atoms with Crippen molar-refractivity contribution in [3.63, 3.8) is 0 Å². The Balaban J connectivity index is 0.995. The molecule has 2 aliphatic heterocycles. The molecule has 1 spiro atoms. The van der Waals surface area contributed by atoms with Crippen molar-refractivity contribution in [3.8, 4) is 5.75 Å². The van der Waals surface area contributed by atoms with E-state index in [2.05, 4.69) is 18.6 Å². The van der Waals surface area contributed by atoms with Crippen molar-refractivity contribution in [2.24, 2.45) is 40.4 Å². The van der Waals surface area contributed by atoms with E-state index in [-0.39, 0.29) is 66.3 Å². The highest BCUT2D eigenvalue weighted by molar-refractivity contribution is 5.85. The summed E-state index contributed by atoms with van der Waals surface area (Å²) in [4.78, 5) is 48.8. The summed E-state index contributed by atoms with van der Waals surface area (Å²) < 4.78 is 40.7. The molecule has 1 unspecified atom stereocenters. The average Bonchev–Trinajstić information content (AvgIpc) is 3.63. The van der Waals surface area contributed by atoms with Crippen LogP contribution in [0.4, 0.5) is 4.79 Å². The van der Waals surface area contributed by atoms with Gasteiger partial charge in [0, 0.05) is 42.2 Å². The summed E-state index contributed by atoms with van der Waals surface area (Å²) in [5.74, 6) is 1.04. The topological polar surface area (TPSA) is 133 Å². The van der Waals surface area contributed by atoms with Crippen LogP contribution < -0.4 is 4.74 Å². The second kappa shape index (κ2) is 15.0. The van der Waals surface area contributed by atoms with Gasteiger partial charge < -0.3 is 33.2 Å². The van der Waals surface area contributed by atoms with Crippen molar-refractivity contribution >= 4 is 24.1 Å². The number of methoxy groups -OCH3 is 1. The number of unbranched alkanes of at least 4 members (excludes halogenated alkanes) is 1. The van der Waals surface area contributed by atoms with Gasteiger partial charge in [0.05, 0.1) is 25.4 Å². The zero-order valence-corrected chi connectivity index (χ0v) is 31.9. The van der Waals surface area contributed by atoms with Gasteiger partial charge in [-0.25, -0.2) is 9.59 Å². The molecule has 2 heterocycles. The van der Waals surface area contributed by atoms with Crippen LogP contribution in [0, 0.1) is 40.4 Å². The SMILES string of the molecule is COc1ccc(C2O[C@H]3C[C@]4(O2)[C@@H]2CC[C@@H]5C[C@@H](OC(=O)CCCCC(=O)OC(=O)OCC(C)C)CC[C@]5(C)[C@H]2CC[C@]4(C)[C@H]3C2=CC(=O)OC2)cc1. The van der Waals surface area contributed by atoms with E-state index in [1.165, 1.54) is 0 Å². The third-order valence-corrected chi connectivity index (χ3v) is 13.9. The monoisotopic (exact) mass is 736 g/mol. The Kier molecular flexibility index (Phi) is 10.7. The largest absolute Gasteiger partial charge is 0.516 e. The standard InChI is InChI=1S/C42H56O11/c1-25(2)23-49-39(46)52-35(44)9-7-6-8-34(43)50-30-16-18-40(3)28(21-30)12-15-32-31(40)17-19-41(4)37(27-20-36(45)48-24-27)33-22-42(32,41)53-38(51-33)26-10-13-29(47-5)14-11-26/h10-11,13-14,20,25,28,30-33,37-38H,6-9,12,15-19,21-24H2,1-5H3/t28-,30+,31+,32-,33+,37+,38?,40+,41-,42+/m1/s1. The van der Waals surface area contributed by atoms with Gasteiger partial charge in [0.15, 0.2) is 6.29 Å². The maximum absolute atomic E-state index is 12.9. The lowest BCUT2D eigenvalue weighted by Gasteiger charge is -2.65. The van der Waals surface area contributed by atoms with E-state index in [1.54, 1.807) is 13.2 Å². The van der Waals surface area contributed by atoms with Crippen molar-refractivity contribution in [2.75, 3.05) is 20.3 Å². The zero-order chi connectivity index (χ0) is 37.5. The van der Waals surface area contributed by atoms with Gasteiger partial charge in [0.25, 0.3) is 0 Å². The lowest BCUT2D eigenvalue weighted by Crippen LogP contribution is -2.63. The van der Waals surface area contributed by atoms with E-state index < -0.39 is 24.0 Å². The lowest BCUT2D eigenvalue weighted by atomic mass is 9.43. The molecular weight excluding hydrogens is 680 g/mol.